The number of halogens is 2. The average Bonchev–Trinajstić information content (AvgIpc) is 3.53. The highest BCUT2D eigenvalue weighted by Crippen LogP contribution is 2.42. The average molecular weight is 527 g/mol. The van der Waals surface area contributed by atoms with Gasteiger partial charge in [-0.2, -0.15) is 0 Å². The number of imidazole rings is 1. The summed E-state index contributed by atoms with van der Waals surface area (Å²) in [7, 11) is 0. The molecular formula is C29H36ClFN4O2. The maximum atomic E-state index is 14.9. The van der Waals surface area contributed by atoms with Crippen LogP contribution in [-0.4, -0.2) is 52.3 Å². The van der Waals surface area contributed by atoms with Crippen LogP contribution < -0.4 is 5.73 Å². The molecule has 2 heterocycles. The van der Waals surface area contributed by atoms with Crippen molar-refractivity contribution in [1.82, 2.24) is 14.5 Å². The standard InChI is InChI=1S/C29H36ClFN4O2/c1-29(2,3)25(34(19-22(31)17-32)28(36)23-15-10-16-37-23)27-33-24(21-13-8-5-9-14-21)26(30)35(27)18-20-11-6-4-7-12-20/h4-9,11-14,22-23,25H,10,15-19,32H2,1-3H3/t22-,23+,25+/m1/s1. The van der Waals surface area contributed by atoms with E-state index in [1.165, 1.54) is 0 Å². The van der Waals surface area contributed by atoms with E-state index in [2.05, 4.69) is 0 Å². The van der Waals surface area contributed by atoms with Gasteiger partial charge < -0.3 is 19.9 Å². The lowest BCUT2D eigenvalue weighted by Crippen LogP contribution is -2.49. The van der Waals surface area contributed by atoms with Gasteiger partial charge in [0.25, 0.3) is 5.91 Å². The van der Waals surface area contributed by atoms with Gasteiger partial charge in [-0.25, -0.2) is 9.37 Å². The highest BCUT2D eigenvalue weighted by atomic mass is 35.5. The van der Waals surface area contributed by atoms with E-state index in [0.717, 1.165) is 17.5 Å². The molecule has 1 saturated heterocycles. The van der Waals surface area contributed by atoms with Gasteiger partial charge in [-0.1, -0.05) is 93.0 Å². The molecule has 2 N–H and O–H groups in total. The van der Waals surface area contributed by atoms with Gasteiger partial charge in [-0.3, -0.25) is 4.79 Å². The van der Waals surface area contributed by atoms with Crippen LogP contribution in [0.1, 0.15) is 51.0 Å². The Bertz CT molecular complexity index is 1170. The van der Waals surface area contributed by atoms with Gasteiger partial charge in [-0.05, 0) is 23.8 Å². The van der Waals surface area contributed by atoms with Gasteiger partial charge in [0, 0.05) is 18.7 Å². The summed E-state index contributed by atoms with van der Waals surface area (Å²) in [5, 5.41) is 0.472. The van der Waals surface area contributed by atoms with Crippen LogP contribution in [0.2, 0.25) is 5.15 Å². The van der Waals surface area contributed by atoms with E-state index in [1.807, 2.05) is 86.0 Å². The fourth-order valence-corrected chi connectivity index (χ4v) is 5.21. The van der Waals surface area contributed by atoms with Crippen LogP contribution in [0.4, 0.5) is 4.39 Å². The summed E-state index contributed by atoms with van der Waals surface area (Å²) in [5.74, 6) is 0.371. The molecule has 3 atom stereocenters. The first-order valence-corrected chi connectivity index (χ1v) is 13.2. The van der Waals surface area contributed by atoms with Gasteiger partial charge in [0.1, 0.15) is 28.9 Å². The molecule has 1 aliphatic heterocycles. The Morgan fingerprint density at radius 3 is 2.41 bits per heavy atom. The predicted octanol–water partition coefficient (Wildman–Crippen LogP) is 5.64. The Hall–Kier alpha value is -2.74. The molecule has 1 aromatic heterocycles. The maximum Gasteiger partial charge on any atom is 0.252 e. The molecule has 0 radical (unpaired) electrons. The van der Waals surface area contributed by atoms with Crippen LogP contribution in [0.15, 0.2) is 60.7 Å². The minimum absolute atomic E-state index is 0.145. The number of amides is 1. The fraction of sp³-hybridized carbons (Fsp3) is 0.448. The van der Waals surface area contributed by atoms with Crippen molar-refractivity contribution in [3.8, 4) is 11.3 Å². The number of carbonyl (C=O) groups is 1. The van der Waals surface area contributed by atoms with Crippen LogP contribution in [0, 0.1) is 5.41 Å². The normalized spacial score (nSPS) is 17.5. The molecule has 1 fully saturated rings. The summed E-state index contributed by atoms with van der Waals surface area (Å²) in [4.78, 5) is 20.4. The minimum atomic E-state index is -1.38. The van der Waals surface area contributed by atoms with E-state index in [1.54, 1.807) is 4.90 Å². The lowest BCUT2D eigenvalue weighted by molar-refractivity contribution is -0.147. The zero-order valence-electron chi connectivity index (χ0n) is 21.7. The lowest BCUT2D eigenvalue weighted by Gasteiger charge is -2.41. The van der Waals surface area contributed by atoms with E-state index < -0.39 is 23.7 Å². The van der Waals surface area contributed by atoms with E-state index in [-0.39, 0.29) is 19.0 Å². The summed E-state index contributed by atoms with van der Waals surface area (Å²) in [6.45, 7) is 6.74. The number of carbonyl (C=O) groups excluding carboxylic acids is 1. The van der Waals surface area contributed by atoms with Crippen molar-refractivity contribution < 1.29 is 13.9 Å². The third kappa shape index (κ3) is 6.22. The zero-order chi connectivity index (χ0) is 26.6. The number of aromatic nitrogens is 2. The lowest BCUT2D eigenvalue weighted by atomic mass is 9.84. The number of hydrogen-bond donors (Lipinski definition) is 1. The van der Waals surface area contributed by atoms with Crippen molar-refractivity contribution in [3.05, 3.63) is 77.2 Å². The highest BCUT2D eigenvalue weighted by molar-refractivity contribution is 6.32. The van der Waals surface area contributed by atoms with Crippen LogP contribution in [0.5, 0.6) is 0 Å². The molecule has 0 bridgehead atoms. The van der Waals surface area contributed by atoms with Crippen molar-refractivity contribution in [2.24, 2.45) is 11.1 Å². The summed E-state index contributed by atoms with van der Waals surface area (Å²) < 4.78 is 22.6. The van der Waals surface area contributed by atoms with E-state index in [9.17, 15) is 9.18 Å². The van der Waals surface area contributed by atoms with Crippen molar-refractivity contribution >= 4 is 17.5 Å². The second kappa shape index (κ2) is 11.8. The fourth-order valence-electron chi connectivity index (χ4n) is 4.92. The Kier molecular flexibility index (Phi) is 8.67. The summed E-state index contributed by atoms with van der Waals surface area (Å²) >= 11 is 7.03. The molecule has 0 aliphatic carbocycles. The number of rotatable bonds is 9. The highest BCUT2D eigenvalue weighted by Gasteiger charge is 2.42. The maximum absolute atomic E-state index is 14.9. The molecule has 0 spiro atoms. The Balaban J connectivity index is 1.89. The SMILES string of the molecule is CC(C)(C)[C@H](c1nc(-c2ccccc2)c(Cl)n1Cc1ccccc1)N(C[C@H](F)CN)C(=O)[C@@H]1CCCO1. The molecule has 1 amide bonds. The van der Waals surface area contributed by atoms with Crippen molar-refractivity contribution in [2.45, 2.75) is 58.5 Å². The molecular weight excluding hydrogens is 491 g/mol. The van der Waals surface area contributed by atoms with Gasteiger partial charge in [0.05, 0.1) is 19.1 Å². The van der Waals surface area contributed by atoms with Gasteiger partial charge in [0.2, 0.25) is 0 Å². The smallest absolute Gasteiger partial charge is 0.252 e. The molecule has 1 aliphatic rings. The van der Waals surface area contributed by atoms with E-state index >= 15 is 0 Å². The third-order valence-corrected chi connectivity index (χ3v) is 7.06. The van der Waals surface area contributed by atoms with E-state index in [4.69, 9.17) is 27.1 Å². The number of nitrogens with zero attached hydrogens (tertiary/aromatic N) is 3. The monoisotopic (exact) mass is 526 g/mol. The Morgan fingerprint density at radius 1 is 1.19 bits per heavy atom. The van der Waals surface area contributed by atoms with Crippen LogP contribution in [0.3, 0.4) is 0 Å². The minimum Gasteiger partial charge on any atom is -0.368 e. The summed E-state index contributed by atoms with van der Waals surface area (Å²) in [6.07, 6.45) is -0.569. The number of ether oxygens (including phenoxy) is 1. The molecule has 0 saturated carbocycles. The predicted molar refractivity (Wildman–Crippen MR) is 145 cm³/mol. The molecule has 0 unspecified atom stereocenters. The number of benzene rings is 2. The molecule has 3 aromatic rings. The summed E-state index contributed by atoms with van der Waals surface area (Å²) in [5.41, 5.74) is 7.71. The van der Waals surface area contributed by atoms with Crippen molar-refractivity contribution in [1.29, 1.82) is 0 Å². The van der Waals surface area contributed by atoms with Gasteiger partial charge in [-0.15, -0.1) is 0 Å². The van der Waals surface area contributed by atoms with E-state index in [0.29, 0.717) is 36.2 Å². The first kappa shape index (κ1) is 27.3. The third-order valence-electron chi connectivity index (χ3n) is 6.68. The molecule has 8 heteroatoms. The summed E-state index contributed by atoms with van der Waals surface area (Å²) in [6, 6.07) is 19.1. The largest absolute Gasteiger partial charge is 0.368 e. The van der Waals surface area contributed by atoms with Crippen molar-refractivity contribution in [2.75, 3.05) is 19.7 Å². The number of nitrogens with two attached hydrogens (primary N) is 1. The molecule has 2 aromatic carbocycles. The van der Waals surface area contributed by atoms with Crippen LogP contribution >= 0.6 is 11.6 Å². The van der Waals surface area contributed by atoms with Crippen molar-refractivity contribution in [3.63, 3.8) is 0 Å². The topological polar surface area (TPSA) is 73.4 Å². The number of hydrogen-bond acceptors (Lipinski definition) is 4. The number of alkyl halides is 1. The van der Waals surface area contributed by atoms with Crippen LogP contribution in [-0.2, 0) is 16.1 Å². The van der Waals surface area contributed by atoms with Crippen LogP contribution in [0.25, 0.3) is 11.3 Å². The second-order valence-corrected chi connectivity index (χ2v) is 11.0. The Morgan fingerprint density at radius 2 is 1.84 bits per heavy atom. The molecule has 198 valence electrons. The molecule has 4 rings (SSSR count). The first-order valence-electron chi connectivity index (χ1n) is 12.8. The molecule has 6 nitrogen and oxygen atoms in total. The zero-order valence-corrected chi connectivity index (χ0v) is 22.5. The second-order valence-electron chi connectivity index (χ2n) is 10.6. The first-order chi connectivity index (χ1) is 17.7. The quantitative estimate of drug-likeness (QED) is 0.391. The van der Waals surface area contributed by atoms with Gasteiger partial charge >= 0.3 is 0 Å². The molecule has 37 heavy (non-hydrogen) atoms. The van der Waals surface area contributed by atoms with Gasteiger partial charge in [0.15, 0.2) is 0 Å². The Labute approximate surface area is 223 Å².